The van der Waals surface area contributed by atoms with Crippen LogP contribution in [0.5, 0.6) is 0 Å². The Kier molecular flexibility index (Phi) is 3.04. The van der Waals surface area contributed by atoms with Crippen LogP contribution in [0.25, 0.3) is 0 Å². The fourth-order valence-corrected chi connectivity index (χ4v) is 1.31. The zero-order valence-electron chi connectivity index (χ0n) is 8.85. The first kappa shape index (κ1) is 11.2. The van der Waals surface area contributed by atoms with Crippen LogP contribution < -0.4 is 4.90 Å². The molecule has 0 aliphatic rings. The van der Waals surface area contributed by atoms with Gasteiger partial charge in [0.1, 0.15) is 0 Å². The number of hydrogen-bond donors (Lipinski definition) is 0. The van der Waals surface area contributed by atoms with Gasteiger partial charge in [-0.1, -0.05) is 0 Å². The van der Waals surface area contributed by atoms with Crippen molar-refractivity contribution in [2.45, 2.75) is 6.92 Å². The number of Topliss-reactive ketones (excluding diaryl/α,β-unsaturated/α-hetero) is 1. The van der Waals surface area contributed by atoms with E-state index in [1.807, 2.05) is 0 Å². The average molecular weight is 208 g/mol. The average Bonchev–Trinajstić information content (AvgIpc) is 2.16. The molecule has 1 rings (SSSR count). The summed E-state index contributed by atoms with van der Waals surface area (Å²) in [7, 11) is 3.57. The molecule has 1 aromatic rings. The highest BCUT2D eigenvalue weighted by molar-refractivity contribution is 6.00. The van der Waals surface area contributed by atoms with E-state index in [1.54, 1.807) is 25.1 Å². The molecule has 0 N–H and O–H groups in total. The van der Waals surface area contributed by atoms with Crippen molar-refractivity contribution in [2.75, 3.05) is 19.0 Å². The number of nitro groups is 1. The number of carbonyl (C=O) groups excluding carboxylic acids is 1. The van der Waals surface area contributed by atoms with Gasteiger partial charge in [0, 0.05) is 37.5 Å². The van der Waals surface area contributed by atoms with E-state index in [4.69, 9.17) is 0 Å². The lowest BCUT2D eigenvalue weighted by Gasteiger charge is -2.15. The van der Waals surface area contributed by atoms with E-state index in [-0.39, 0.29) is 11.5 Å². The first-order valence-electron chi connectivity index (χ1n) is 4.40. The quantitative estimate of drug-likeness (QED) is 0.432. The van der Waals surface area contributed by atoms with Crippen LogP contribution in [0.4, 0.5) is 11.4 Å². The zero-order valence-corrected chi connectivity index (χ0v) is 8.85. The Morgan fingerprint density at radius 3 is 2.40 bits per heavy atom. The minimum Gasteiger partial charge on any atom is -0.377 e. The maximum Gasteiger partial charge on any atom is 0.270 e. The van der Waals surface area contributed by atoms with Crippen molar-refractivity contribution in [3.8, 4) is 0 Å². The molecule has 0 spiro atoms. The van der Waals surface area contributed by atoms with Crippen LogP contribution in [-0.4, -0.2) is 24.8 Å². The van der Waals surface area contributed by atoms with E-state index in [1.165, 1.54) is 19.1 Å². The van der Waals surface area contributed by atoms with Crippen molar-refractivity contribution >= 4 is 17.2 Å². The normalized spacial score (nSPS) is 9.80. The summed E-state index contributed by atoms with van der Waals surface area (Å²) in [5, 5.41) is 10.5. The Bertz CT molecular complexity index is 413. The molecule has 1 aromatic carbocycles. The van der Waals surface area contributed by atoms with Crippen LogP contribution in [0, 0.1) is 10.1 Å². The standard InChI is InChI=1S/C10H12N2O3/c1-7(13)9-6-8(12(14)15)4-5-10(9)11(2)3/h4-6H,1-3H3. The summed E-state index contributed by atoms with van der Waals surface area (Å²) < 4.78 is 0. The molecule has 0 radical (unpaired) electrons. The number of hydrogen-bond acceptors (Lipinski definition) is 4. The van der Waals surface area contributed by atoms with Gasteiger partial charge in [-0.05, 0) is 13.0 Å². The van der Waals surface area contributed by atoms with Crippen molar-refractivity contribution in [1.82, 2.24) is 0 Å². The topological polar surface area (TPSA) is 63.4 Å². The van der Waals surface area contributed by atoms with E-state index < -0.39 is 4.92 Å². The molecule has 0 aromatic heterocycles. The molecule has 0 saturated heterocycles. The molecule has 80 valence electrons. The summed E-state index contributed by atoms with van der Waals surface area (Å²) in [4.78, 5) is 23.1. The highest BCUT2D eigenvalue weighted by Gasteiger charge is 2.14. The third kappa shape index (κ3) is 2.31. The van der Waals surface area contributed by atoms with Gasteiger partial charge in [-0.2, -0.15) is 0 Å². The largest absolute Gasteiger partial charge is 0.377 e. The minimum atomic E-state index is -0.508. The van der Waals surface area contributed by atoms with E-state index in [0.29, 0.717) is 11.3 Å². The summed E-state index contributed by atoms with van der Waals surface area (Å²) >= 11 is 0. The molecular formula is C10H12N2O3. The molecule has 0 amide bonds. The maximum atomic E-state index is 11.3. The number of ketones is 1. The van der Waals surface area contributed by atoms with Crippen molar-refractivity contribution < 1.29 is 9.72 Å². The lowest BCUT2D eigenvalue weighted by molar-refractivity contribution is -0.384. The predicted octanol–water partition coefficient (Wildman–Crippen LogP) is 1.86. The maximum absolute atomic E-state index is 11.3. The Morgan fingerprint density at radius 2 is 2.00 bits per heavy atom. The van der Waals surface area contributed by atoms with Crippen molar-refractivity contribution in [1.29, 1.82) is 0 Å². The van der Waals surface area contributed by atoms with E-state index in [2.05, 4.69) is 0 Å². The van der Waals surface area contributed by atoms with Gasteiger partial charge in [0.15, 0.2) is 5.78 Å². The second-order valence-corrected chi connectivity index (χ2v) is 3.41. The molecule has 5 nitrogen and oxygen atoms in total. The first-order valence-corrected chi connectivity index (χ1v) is 4.40. The zero-order chi connectivity index (χ0) is 11.6. The van der Waals surface area contributed by atoms with Crippen LogP contribution in [-0.2, 0) is 0 Å². The van der Waals surface area contributed by atoms with Crippen molar-refractivity contribution in [2.24, 2.45) is 0 Å². The molecule has 0 aliphatic heterocycles. The summed E-state index contributed by atoms with van der Waals surface area (Å²) in [5.41, 5.74) is 0.994. The van der Waals surface area contributed by atoms with Gasteiger partial charge in [-0.15, -0.1) is 0 Å². The van der Waals surface area contributed by atoms with E-state index in [9.17, 15) is 14.9 Å². The smallest absolute Gasteiger partial charge is 0.270 e. The van der Waals surface area contributed by atoms with Crippen molar-refractivity contribution in [3.63, 3.8) is 0 Å². The fraction of sp³-hybridized carbons (Fsp3) is 0.300. The van der Waals surface area contributed by atoms with Gasteiger partial charge < -0.3 is 4.90 Å². The Morgan fingerprint density at radius 1 is 1.40 bits per heavy atom. The molecule has 0 fully saturated rings. The monoisotopic (exact) mass is 208 g/mol. The number of benzene rings is 1. The van der Waals surface area contributed by atoms with Gasteiger partial charge in [0.05, 0.1) is 4.92 Å². The second kappa shape index (κ2) is 4.08. The van der Waals surface area contributed by atoms with Crippen LogP contribution in [0.15, 0.2) is 18.2 Å². The second-order valence-electron chi connectivity index (χ2n) is 3.41. The number of nitrogens with zero attached hydrogens (tertiary/aromatic N) is 2. The van der Waals surface area contributed by atoms with Gasteiger partial charge in [0.2, 0.25) is 0 Å². The molecule has 0 bridgehead atoms. The number of anilines is 1. The predicted molar refractivity (Wildman–Crippen MR) is 57.4 cm³/mol. The van der Waals surface area contributed by atoms with Crippen molar-refractivity contribution in [3.05, 3.63) is 33.9 Å². The van der Waals surface area contributed by atoms with Crippen LogP contribution in [0.2, 0.25) is 0 Å². The highest BCUT2D eigenvalue weighted by atomic mass is 16.6. The van der Waals surface area contributed by atoms with E-state index >= 15 is 0 Å². The van der Waals surface area contributed by atoms with Gasteiger partial charge in [-0.3, -0.25) is 14.9 Å². The lowest BCUT2D eigenvalue weighted by Crippen LogP contribution is -2.13. The third-order valence-electron chi connectivity index (χ3n) is 2.05. The minimum absolute atomic E-state index is 0.0641. The third-order valence-corrected chi connectivity index (χ3v) is 2.05. The summed E-state index contributed by atoms with van der Waals surface area (Å²) in [6, 6.07) is 4.27. The Labute approximate surface area is 87.5 Å². The lowest BCUT2D eigenvalue weighted by atomic mass is 10.1. The fourth-order valence-electron chi connectivity index (χ4n) is 1.31. The molecule has 15 heavy (non-hydrogen) atoms. The number of non-ortho nitro benzene ring substituents is 1. The summed E-state index contributed by atoms with van der Waals surface area (Å²) in [5.74, 6) is -0.178. The molecule has 0 atom stereocenters. The first-order chi connectivity index (χ1) is 6.93. The number of rotatable bonds is 3. The van der Waals surface area contributed by atoms with Gasteiger partial charge in [0.25, 0.3) is 5.69 Å². The van der Waals surface area contributed by atoms with Crippen LogP contribution >= 0.6 is 0 Å². The molecule has 0 heterocycles. The SMILES string of the molecule is CC(=O)c1cc([N+](=O)[O-])ccc1N(C)C. The van der Waals surface area contributed by atoms with Crippen LogP contribution in [0.1, 0.15) is 17.3 Å². The molecule has 5 heteroatoms. The van der Waals surface area contributed by atoms with E-state index in [0.717, 1.165) is 0 Å². The number of nitro benzene ring substituents is 1. The Balaban J connectivity index is 3.33. The molecule has 0 aliphatic carbocycles. The van der Waals surface area contributed by atoms with Crippen LogP contribution in [0.3, 0.4) is 0 Å². The summed E-state index contributed by atoms with van der Waals surface area (Å²) in [6.07, 6.45) is 0. The Hall–Kier alpha value is -1.91. The highest BCUT2D eigenvalue weighted by Crippen LogP contribution is 2.24. The molecule has 0 unspecified atom stereocenters. The molecular weight excluding hydrogens is 196 g/mol. The van der Waals surface area contributed by atoms with Gasteiger partial charge >= 0.3 is 0 Å². The number of carbonyl (C=O) groups is 1. The summed E-state index contributed by atoms with van der Waals surface area (Å²) in [6.45, 7) is 1.39. The molecule has 0 saturated carbocycles. The van der Waals surface area contributed by atoms with Gasteiger partial charge in [-0.25, -0.2) is 0 Å².